The lowest BCUT2D eigenvalue weighted by Crippen LogP contribution is -2.14. The molecule has 2 rings (SSSR count). The lowest BCUT2D eigenvalue weighted by Gasteiger charge is -2.20. The van der Waals surface area contributed by atoms with Crippen LogP contribution in [-0.4, -0.2) is 5.71 Å². The average molecular weight is 243 g/mol. The van der Waals surface area contributed by atoms with Crippen LogP contribution < -0.4 is 0 Å². The first-order valence-electron chi connectivity index (χ1n) is 7.39. The van der Waals surface area contributed by atoms with Crippen LogP contribution in [0.4, 0.5) is 0 Å². The summed E-state index contributed by atoms with van der Waals surface area (Å²) in [5.41, 5.74) is 2.78. The maximum Gasteiger partial charge on any atom is 0.0720 e. The van der Waals surface area contributed by atoms with Gasteiger partial charge in [0.2, 0.25) is 0 Å². The molecule has 0 N–H and O–H groups in total. The van der Waals surface area contributed by atoms with Gasteiger partial charge in [-0.25, -0.2) is 0 Å². The summed E-state index contributed by atoms with van der Waals surface area (Å²) in [5, 5.41) is 0. The molecule has 0 bridgehead atoms. The summed E-state index contributed by atoms with van der Waals surface area (Å²) in [6.07, 6.45) is 8.01. The first-order valence-corrected chi connectivity index (χ1v) is 7.39. The Kier molecular flexibility index (Phi) is 4.98. The zero-order valence-electron chi connectivity index (χ0n) is 11.7. The van der Waals surface area contributed by atoms with Crippen LogP contribution >= 0.6 is 0 Å². The van der Waals surface area contributed by atoms with Crippen LogP contribution in [0.25, 0.3) is 0 Å². The topological polar surface area (TPSA) is 12.4 Å². The summed E-state index contributed by atoms with van der Waals surface area (Å²) in [6.45, 7) is 4.57. The second kappa shape index (κ2) is 6.72. The van der Waals surface area contributed by atoms with Gasteiger partial charge in [-0.1, -0.05) is 56.5 Å². The van der Waals surface area contributed by atoms with E-state index in [9.17, 15) is 0 Å². The Bertz CT molecular complexity index is 380. The van der Waals surface area contributed by atoms with Crippen LogP contribution in [-0.2, 0) is 0 Å². The minimum absolute atomic E-state index is 0.308. The third-order valence-corrected chi connectivity index (χ3v) is 4.03. The Labute approximate surface area is 111 Å². The normalized spacial score (nSPS) is 25.4. The van der Waals surface area contributed by atoms with Gasteiger partial charge in [0.05, 0.1) is 6.04 Å². The van der Waals surface area contributed by atoms with E-state index in [2.05, 4.69) is 44.2 Å². The van der Waals surface area contributed by atoms with Gasteiger partial charge in [-0.15, -0.1) is 0 Å². The number of aliphatic imine (C=N–C) groups is 1. The molecule has 0 spiro atoms. The summed E-state index contributed by atoms with van der Waals surface area (Å²) in [4.78, 5) is 5.01. The number of rotatable bonds is 2. The van der Waals surface area contributed by atoms with E-state index < -0.39 is 0 Å². The molecule has 1 aromatic rings. The van der Waals surface area contributed by atoms with Gasteiger partial charge in [0.15, 0.2) is 0 Å². The van der Waals surface area contributed by atoms with Gasteiger partial charge in [0.1, 0.15) is 0 Å². The van der Waals surface area contributed by atoms with Gasteiger partial charge in [0, 0.05) is 5.71 Å². The van der Waals surface area contributed by atoms with Crippen molar-refractivity contribution in [1.82, 2.24) is 0 Å². The highest BCUT2D eigenvalue weighted by molar-refractivity contribution is 5.86. The molecule has 1 fully saturated rings. The summed E-state index contributed by atoms with van der Waals surface area (Å²) < 4.78 is 0. The average Bonchev–Trinajstić information content (AvgIpc) is 2.39. The fraction of sp³-hybridized carbons (Fsp3) is 0.588. The molecule has 0 aromatic heterocycles. The Morgan fingerprint density at radius 3 is 2.56 bits per heavy atom. The minimum Gasteiger partial charge on any atom is -0.286 e. The molecule has 2 atom stereocenters. The molecule has 0 radical (unpaired) electrons. The molecule has 1 saturated carbocycles. The molecule has 1 aromatic carbocycles. The van der Waals surface area contributed by atoms with Gasteiger partial charge >= 0.3 is 0 Å². The zero-order chi connectivity index (χ0) is 12.8. The van der Waals surface area contributed by atoms with Crippen molar-refractivity contribution >= 4 is 5.71 Å². The third kappa shape index (κ3) is 3.69. The lowest BCUT2D eigenvalue weighted by atomic mass is 9.90. The van der Waals surface area contributed by atoms with Gasteiger partial charge in [-0.3, -0.25) is 4.99 Å². The van der Waals surface area contributed by atoms with E-state index in [1.165, 1.54) is 49.8 Å². The van der Waals surface area contributed by atoms with E-state index in [1.807, 2.05) is 0 Å². The van der Waals surface area contributed by atoms with Crippen LogP contribution in [0.15, 0.2) is 35.3 Å². The molecule has 18 heavy (non-hydrogen) atoms. The van der Waals surface area contributed by atoms with Crippen molar-refractivity contribution in [1.29, 1.82) is 0 Å². The predicted octanol–water partition coefficient (Wildman–Crippen LogP) is 5.18. The first kappa shape index (κ1) is 13.3. The van der Waals surface area contributed by atoms with Crippen molar-refractivity contribution in [2.24, 2.45) is 10.9 Å². The Morgan fingerprint density at radius 1 is 1.06 bits per heavy atom. The van der Waals surface area contributed by atoms with Crippen molar-refractivity contribution in [3.8, 4) is 0 Å². The van der Waals surface area contributed by atoms with Crippen LogP contribution in [0.2, 0.25) is 0 Å². The monoisotopic (exact) mass is 243 g/mol. The molecule has 1 nitrogen and oxygen atoms in total. The van der Waals surface area contributed by atoms with E-state index in [0.29, 0.717) is 12.0 Å². The Morgan fingerprint density at radius 2 is 1.78 bits per heavy atom. The molecule has 0 aliphatic heterocycles. The van der Waals surface area contributed by atoms with Crippen LogP contribution in [0.3, 0.4) is 0 Å². The summed E-state index contributed by atoms with van der Waals surface area (Å²) >= 11 is 0. The van der Waals surface area contributed by atoms with Crippen molar-refractivity contribution in [2.45, 2.75) is 58.4 Å². The minimum atomic E-state index is 0.308. The summed E-state index contributed by atoms with van der Waals surface area (Å²) in [5.74, 6) is 0.677. The molecule has 1 unspecified atom stereocenters. The quantitative estimate of drug-likeness (QED) is 0.678. The third-order valence-electron chi connectivity index (χ3n) is 4.03. The first-order chi connectivity index (χ1) is 8.77. The van der Waals surface area contributed by atoms with E-state index in [-0.39, 0.29) is 0 Å². The molecule has 98 valence electrons. The number of nitrogens with zero attached hydrogens (tertiary/aromatic N) is 1. The fourth-order valence-corrected chi connectivity index (χ4v) is 2.77. The second-order valence-corrected chi connectivity index (χ2v) is 5.56. The van der Waals surface area contributed by atoms with Crippen molar-refractivity contribution < 1.29 is 0 Å². The van der Waals surface area contributed by atoms with Crippen LogP contribution in [0.5, 0.6) is 0 Å². The number of benzene rings is 1. The van der Waals surface area contributed by atoms with Gasteiger partial charge in [-0.2, -0.15) is 0 Å². The molecule has 1 heteroatoms. The van der Waals surface area contributed by atoms with Crippen LogP contribution in [0, 0.1) is 5.92 Å². The van der Waals surface area contributed by atoms with Crippen molar-refractivity contribution in [3.63, 3.8) is 0 Å². The van der Waals surface area contributed by atoms with E-state index >= 15 is 0 Å². The predicted molar refractivity (Wildman–Crippen MR) is 79.2 cm³/mol. The highest BCUT2D eigenvalue weighted by atomic mass is 14.8. The van der Waals surface area contributed by atoms with Crippen molar-refractivity contribution in [3.05, 3.63) is 35.9 Å². The lowest BCUT2D eigenvalue weighted by molar-refractivity contribution is 0.536. The van der Waals surface area contributed by atoms with Gasteiger partial charge in [-0.05, 0) is 37.7 Å². The van der Waals surface area contributed by atoms with Gasteiger partial charge < -0.3 is 0 Å². The smallest absolute Gasteiger partial charge is 0.0720 e. The summed E-state index contributed by atoms with van der Waals surface area (Å²) in [6, 6.07) is 11.0. The standard InChI is InChI=1S/C17H25N/c1-14-10-6-3-4-9-13-17(14)18-15(2)16-11-7-5-8-12-16/h5,7-8,11-12,14-15H,3-4,6,9-10,13H2,1-2H3/t14?,15-/m1/s1. The van der Waals surface area contributed by atoms with E-state index in [1.54, 1.807) is 0 Å². The van der Waals surface area contributed by atoms with E-state index in [4.69, 9.17) is 4.99 Å². The molecular weight excluding hydrogens is 218 g/mol. The highest BCUT2D eigenvalue weighted by Crippen LogP contribution is 2.24. The Hall–Kier alpha value is -1.11. The molecule has 0 saturated heterocycles. The SMILES string of the molecule is CC1CCCCCCC1=N[C@H](C)c1ccccc1. The molecular formula is C17H25N. The number of hydrogen-bond donors (Lipinski definition) is 0. The fourth-order valence-electron chi connectivity index (χ4n) is 2.77. The Balaban J connectivity index is 2.09. The van der Waals surface area contributed by atoms with Crippen molar-refractivity contribution in [2.75, 3.05) is 0 Å². The number of hydrogen-bond acceptors (Lipinski definition) is 1. The molecule has 0 heterocycles. The van der Waals surface area contributed by atoms with Crippen LogP contribution in [0.1, 0.15) is 64.0 Å². The molecule has 1 aliphatic carbocycles. The van der Waals surface area contributed by atoms with E-state index in [0.717, 1.165) is 0 Å². The molecule has 1 aliphatic rings. The largest absolute Gasteiger partial charge is 0.286 e. The summed E-state index contributed by atoms with van der Waals surface area (Å²) in [7, 11) is 0. The molecule has 0 amide bonds. The maximum atomic E-state index is 5.01. The maximum absolute atomic E-state index is 5.01. The second-order valence-electron chi connectivity index (χ2n) is 5.56. The zero-order valence-corrected chi connectivity index (χ0v) is 11.7. The highest BCUT2D eigenvalue weighted by Gasteiger charge is 2.14. The van der Waals surface area contributed by atoms with Gasteiger partial charge in [0.25, 0.3) is 0 Å².